The van der Waals surface area contributed by atoms with Crippen LogP contribution in [0.15, 0.2) is 24.4 Å². The van der Waals surface area contributed by atoms with Crippen LogP contribution >= 0.6 is 11.3 Å². The highest BCUT2D eigenvalue weighted by atomic mass is 32.1. The molecule has 5 rings (SSSR count). The smallest absolute Gasteiger partial charge is 0.407 e. The van der Waals surface area contributed by atoms with E-state index in [0.29, 0.717) is 47.0 Å². The molecule has 1 aliphatic rings. The number of benzene rings is 2. The quantitative estimate of drug-likeness (QED) is 0.381. The molecule has 182 valence electrons. The summed E-state index contributed by atoms with van der Waals surface area (Å²) >= 11 is 1.45. The number of alkyl carbamates (subject to hydrolysis) is 1. The van der Waals surface area contributed by atoms with Crippen molar-refractivity contribution >= 4 is 38.7 Å². The van der Waals surface area contributed by atoms with E-state index in [9.17, 15) is 9.18 Å². The Balaban J connectivity index is 1.44. The molecule has 0 unspecified atom stereocenters. The van der Waals surface area contributed by atoms with Crippen molar-refractivity contribution in [2.75, 3.05) is 34.0 Å². The van der Waals surface area contributed by atoms with Gasteiger partial charge in [-0.15, -0.1) is 11.3 Å². The molecule has 0 aliphatic carbocycles. The zero-order valence-electron chi connectivity index (χ0n) is 19.4. The summed E-state index contributed by atoms with van der Waals surface area (Å²) in [6, 6.07) is 5.30. The fourth-order valence-electron chi connectivity index (χ4n) is 4.02. The summed E-state index contributed by atoms with van der Waals surface area (Å²) in [6.45, 7) is 2.69. The van der Waals surface area contributed by atoms with Crippen molar-refractivity contribution in [3.05, 3.63) is 41.3 Å². The van der Waals surface area contributed by atoms with E-state index in [1.54, 1.807) is 20.4 Å². The van der Waals surface area contributed by atoms with Gasteiger partial charge in [0.1, 0.15) is 17.7 Å². The lowest BCUT2D eigenvalue weighted by Gasteiger charge is -2.12. The number of carbonyl (C=O) groups excluding carboxylic acids is 1. The van der Waals surface area contributed by atoms with Crippen molar-refractivity contribution < 1.29 is 28.1 Å². The van der Waals surface area contributed by atoms with Gasteiger partial charge in [-0.3, -0.25) is 0 Å². The lowest BCUT2D eigenvalue weighted by molar-refractivity contribution is 0.0890. The number of nitrogens with zero attached hydrogens (tertiary/aromatic N) is 3. The molecule has 35 heavy (non-hydrogen) atoms. The minimum absolute atomic E-state index is 0.0000294. The van der Waals surface area contributed by atoms with Crippen LogP contribution in [0.1, 0.15) is 11.1 Å². The van der Waals surface area contributed by atoms with Crippen LogP contribution in [-0.2, 0) is 15.9 Å². The van der Waals surface area contributed by atoms with Crippen LogP contribution in [-0.4, -0.2) is 61.1 Å². The van der Waals surface area contributed by atoms with Gasteiger partial charge in [-0.05, 0) is 24.6 Å². The van der Waals surface area contributed by atoms with Gasteiger partial charge < -0.3 is 24.3 Å². The minimum Gasteiger partial charge on any atom is -0.483 e. The molecule has 2 aromatic heterocycles. The zero-order chi connectivity index (χ0) is 24.5. The van der Waals surface area contributed by atoms with Crippen molar-refractivity contribution in [2.45, 2.75) is 19.4 Å². The highest BCUT2D eigenvalue weighted by Crippen LogP contribution is 2.43. The molecular formula is C24H23FN4O5S. The Hall–Kier alpha value is -3.57. The number of carbonyl (C=O) groups is 1. The Labute approximate surface area is 204 Å². The predicted molar refractivity (Wildman–Crippen MR) is 129 cm³/mol. The third-order valence-corrected chi connectivity index (χ3v) is 6.75. The van der Waals surface area contributed by atoms with Crippen molar-refractivity contribution in [1.29, 1.82) is 0 Å². The van der Waals surface area contributed by atoms with Crippen LogP contribution in [0.2, 0.25) is 0 Å². The highest BCUT2D eigenvalue weighted by Gasteiger charge is 2.31. The minimum atomic E-state index is -0.573. The van der Waals surface area contributed by atoms with Crippen LogP contribution in [0.25, 0.3) is 31.8 Å². The first-order valence-electron chi connectivity index (χ1n) is 11.0. The summed E-state index contributed by atoms with van der Waals surface area (Å²) in [5.74, 6) is 0.116. The maximum atomic E-state index is 14.9. The number of amides is 1. The fraction of sp³-hybridized carbons (Fsp3) is 0.333. The lowest BCUT2D eigenvalue weighted by atomic mass is 10.1. The normalized spacial score (nSPS) is 14.7. The van der Waals surface area contributed by atoms with Gasteiger partial charge in [0.25, 0.3) is 0 Å². The van der Waals surface area contributed by atoms with Gasteiger partial charge >= 0.3 is 6.09 Å². The molecule has 9 nitrogen and oxygen atoms in total. The van der Waals surface area contributed by atoms with E-state index in [4.69, 9.17) is 23.9 Å². The Morgan fingerprint density at radius 2 is 2.11 bits per heavy atom. The molecule has 3 heterocycles. The molecule has 1 amide bonds. The summed E-state index contributed by atoms with van der Waals surface area (Å²) in [5.41, 5.74) is 4.46. The number of hydrogen-bond acceptors (Lipinski definition) is 9. The zero-order valence-corrected chi connectivity index (χ0v) is 20.2. The first-order chi connectivity index (χ1) is 17.0. The number of aryl methyl sites for hydroxylation is 1. The van der Waals surface area contributed by atoms with Gasteiger partial charge in [-0.25, -0.2) is 24.1 Å². The van der Waals surface area contributed by atoms with Crippen LogP contribution in [0, 0.1) is 12.7 Å². The van der Waals surface area contributed by atoms with Crippen LogP contribution in [0.4, 0.5) is 9.18 Å². The lowest BCUT2D eigenvalue weighted by Crippen LogP contribution is -2.31. The van der Waals surface area contributed by atoms with Crippen molar-refractivity contribution in [3.8, 4) is 22.2 Å². The molecule has 1 atom stereocenters. The maximum Gasteiger partial charge on any atom is 0.407 e. The summed E-state index contributed by atoms with van der Waals surface area (Å²) in [7, 11) is 3.09. The molecule has 0 radical (unpaired) electrons. The second-order valence-electron chi connectivity index (χ2n) is 8.09. The van der Waals surface area contributed by atoms with E-state index >= 15 is 0 Å². The van der Waals surface area contributed by atoms with Crippen molar-refractivity contribution in [3.63, 3.8) is 0 Å². The molecule has 4 aromatic rings. The topological polar surface area (TPSA) is 105 Å². The Kier molecular flexibility index (Phi) is 6.35. The second kappa shape index (κ2) is 9.59. The SMILES string of the molecule is COCCNC(=O)OC[C@@H]1Cc2c(c(F)cc3nc(-c4cc(C)cc5nc(OC)cnc45)sc23)O1. The molecule has 11 heteroatoms. The molecule has 0 saturated carbocycles. The summed E-state index contributed by atoms with van der Waals surface area (Å²) < 4.78 is 36.8. The maximum absolute atomic E-state index is 14.9. The van der Waals surface area contributed by atoms with Gasteiger partial charge in [0, 0.05) is 37.3 Å². The number of fused-ring (bicyclic) bond motifs is 4. The molecule has 1 N–H and O–H groups in total. The number of thiazole rings is 1. The number of aromatic nitrogens is 3. The molecule has 2 aromatic carbocycles. The number of methoxy groups -OCH3 is 2. The van der Waals surface area contributed by atoms with Crippen LogP contribution in [0.5, 0.6) is 11.6 Å². The first-order valence-corrected chi connectivity index (χ1v) is 11.8. The van der Waals surface area contributed by atoms with Crippen molar-refractivity contribution in [1.82, 2.24) is 20.3 Å². The average molecular weight is 499 g/mol. The standard InChI is InChI=1S/C24H23FN4O5S/c1-12-6-14(20-17(7-12)28-19(32-3)10-27-20)23-29-18-9-16(25)21-15(22(18)35-23)8-13(34-21)11-33-24(30)26-4-5-31-2/h6-7,9-10,13H,4-5,8,11H2,1-3H3,(H,26,30)/t13-/m0/s1. The first kappa shape index (κ1) is 23.2. The third kappa shape index (κ3) is 4.56. The molecular weight excluding hydrogens is 475 g/mol. The average Bonchev–Trinajstić information content (AvgIpc) is 3.46. The number of hydrogen-bond donors (Lipinski definition) is 1. The van der Waals surface area contributed by atoms with E-state index in [1.165, 1.54) is 17.4 Å². The monoisotopic (exact) mass is 498 g/mol. The van der Waals surface area contributed by atoms with Gasteiger partial charge in [0.05, 0.1) is 41.2 Å². The van der Waals surface area contributed by atoms with Crippen molar-refractivity contribution in [2.24, 2.45) is 0 Å². The summed E-state index contributed by atoms with van der Waals surface area (Å²) in [6.07, 6.45) is 0.913. The number of ether oxygens (including phenoxy) is 4. The van der Waals surface area contributed by atoms with E-state index < -0.39 is 18.0 Å². The number of halogens is 1. The van der Waals surface area contributed by atoms with Gasteiger partial charge in [0.15, 0.2) is 11.6 Å². The Morgan fingerprint density at radius 3 is 2.91 bits per heavy atom. The van der Waals surface area contributed by atoms with E-state index in [-0.39, 0.29) is 12.4 Å². The Bertz CT molecular complexity index is 1430. The molecule has 0 fully saturated rings. The third-order valence-electron chi connectivity index (χ3n) is 5.58. The van der Waals surface area contributed by atoms with Crippen LogP contribution < -0.4 is 14.8 Å². The largest absolute Gasteiger partial charge is 0.483 e. The van der Waals surface area contributed by atoms with E-state index in [1.807, 2.05) is 19.1 Å². The highest BCUT2D eigenvalue weighted by molar-refractivity contribution is 7.22. The molecule has 0 bridgehead atoms. The van der Waals surface area contributed by atoms with Gasteiger partial charge in [0.2, 0.25) is 5.88 Å². The van der Waals surface area contributed by atoms with E-state index in [2.05, 4.69) is 15.3 Å². The number of nitrogens with one attached hydrogen (secondary N) is 1. The second-order valence-corrected chi connectivity index (χ2v) is 9.09. The molecule has 0 saturated heterocycles. The molecule has 1 aliphatic heterocycles. The van der Waals surface area contributed by atoms with Crippen LogP contribution in [0.3, 0.4) is 0 Å². The van der Waals surface area contributed by atoms with Gasteiger partial charge in [-0.2, -0.15) is 0 Å². The predicted octanol–water partition coefficient (Wildman–Crippen LogP) is 4.04. The summed E-state index contributed by atoms with van der Waals surface area (Å²) in [5, 5.41) is 3.28. The number of rotatable bonds is 7. The fourth-order valence-corrected chi connectivity index (χ4v) is 5.13. The summed E-state index contributed by atoms with van der Waals surface area (Å²) in [4.78, 5) is 25.6. The van der Waals surface area contributed by atoms with E-state index in [0.717, 1.165) is 21.4 Å². The molecule has 0 spiro atoms. The Morgan fingerprint density at radius 1 is 1.26 bits per heavy atom. The van der Waals surface area contributed by atoms with Gasteiger partial charge in [-0.1, -0.05) is 0 Å².